The lowest BCUT2D eigenvalue weighted by Gasteiger charge is -2.31. The molecule has 182 valence electrons. The van der Waals surface area contributed by atoms with E-state index >= 15 is 0 Å². The summed E-state index contributed by atoms with van der Waals surface area (Å²) >= 11 is 1.34. The van der Waals surface area contributed by atoms with E-state index in [-0.39, 0.29) is 23.6 Å². The predicted octanol–water partition coefficient (Wildman–Crippen LogP) is 3.98. The molecule has 35 heavy (non-hydrogen) atoms. The van der Waals surface area contributed by atoms with Gasteiger partial charge in [-0.05, 0) is 37.3 Å². The van der Waals surface area contributed by atoms with Crippen LogP contribution in [0.15, 0.2) is 47.5 Å². The number of halogens is 2. The maximum absolute atomic E-state index is 14.2. The van der Waals surface area contributed by atoms with Gasteiger partial charge in [0.25, 0.3) is 0 Å². The molecule has 8 nitrogen and oxygen atoms in total. The minimum absolute atomic E-state index is 0.0678. The molecule has 3 aromatic rings. The van der Waals surface area contributed by atoms with Gasteiger partial charge in [0, 0.05) is 26.2 Å². The summed E-state index contributed by atoms with van der Waals surface area (Å²) in [6.45, 7) is 4.26. The summed E-state index contributed by atoms with van der Waals surface area (Å²) in [5.74, 6) is -0.409. The zero-order chi connectivity index (χ0) is 24.5. The Morgan fingerprint density at radius 2 is 2.00 bits per heavy atom. The van der Waals surface area contributed by atoms with Crippen molar-refractivity contribution >= 4 is 50.1 Å². The van der Waals surface area contributed by atoms with E-state index in [0.717, 1.165) is 6.07 Å². The molecule has 2 aromatic heterocycles. The number of hydrogen-bond donors (Lipinski definition) is 1. The maximum atomic E-state index is 14.2. The van der Waals surface area contributed by atoms with Gasteiger partial charge >= 0.3 is 0 Å². The van der Waals surface area contributed by atoms with E-state index < -0.39 is 11.6 Å². The summed E-state index contributed by atoms with van der Waals surface area (Å²) in [7, 11) is 1.67. The second-order valence-corrected chi connectivity index (χ2v) is 9.35. The number of benzene rings is 1. The van der Waals surface area contributed by atoms with E-state index in [1.807, 2.05) is 17.9 Å². The fourth-order valence-electron chi connectivity index (χ4n) is 4.09. The highest BCUT2D eigenvalue weighted by molar-refractivity contribution is 7.22. The molecule has 0 saturated carbocycles. The Morgan fingerprint density at radius 3 is 2.74 bits per heavy atom. The normalized spacial score (nSPS) is 20.1. The average molecular weight is 499 g/mol. The molecular formula is C24H24F2N6O2S. The highest BCUT2D eigenvalue weighted by Crippen LogP contribution is 2.30. The Kier molecular flexibility index (Phi) is 6.44. The third kappa shape index (κ3) is 4.87. The van der Waals surface area contributed by atoms with Gasteiger partial charge in [-0.2, -0.15) is 0 Å². The van der Waals surface area contributed by atoms with E-state index in [2.05, 4.69) is 20.3 Å². The molecule has 11 heteroatoms. The Labute approximate surface area is 204 Å². The number of carbonyl (C=O) groups is 1. The summed E-state index contributed by atoms with van der Waals surface area (Å²) in [6.07, 6.45) is 3.69. The molecule has 5 rings (SSSR count). The van der Waals surface area contributed by atoms with Crippen LogP contribution in [-0.4, -0.2) is 66.0 Å². The van der Waals surface area contributed by atoms with Crippen LogP contribution in [0.4, 0.5) is 25.4 Å². The first-order chi connectivity index (χ1) is 16.9. The minimum Gasteiger partial charge on any atom is -0.378 e. The summed E-state index contributed by atoms with van der Waals surface area (Å²) in [5, 5.41) is 3.81. The Morgan fingerprint density at radius 1 is 1.20 bits per heavy atom. The summed E-state index contributed by atoms with van der Waals surface area (Å²) in [6, 6.07) is 6.75. The van der Waals surface area contributed by atoms with Gasteiger partial charge in [0.1, 0.15) is 33.6 Å². The monoisotopic (exact) mass is 498 g/mol. The van der Waals surface area contributed by atoms with Crippen LogP contribution in [0.2, 0.25) is 0 Å². The van der Waals surface area contributed by atoms with E-state index in [1.165, 1.54) is 23.5 Å². The van der Waals surface area contributed by atoms with Crippen LogP contribution in [0.3, 0.4) is 0 Å². The molecule has 2 aliphatic rings. The van der Waals surface area contributed by atoms with Gasteiger partial charge in [0.05, 0.1) is 30.9 Å². The van der Waals surface area contributed by atoms with E-state index in [1.54, 1.807) is 30.2 Å². The van der Waals surface area contributed by atoms with Crippen LogP contribution in [-0.2, 0) is 9.53 Å². The van der Waals surface area contributed by atoms with Gasteiger partial charge in [-0.3, -0.25) is 9.79 Å². The summed E-state index contributed by atoms with van der Waals surface area (Å²) in [4.78, 5) is 30.7. The van der Waals surface area contributed by atoms with Crippen molar-refractivity contribution in [2.75, 3.05) is 43.6 Å². The number of morpholine rings is 1. The van der Waals surface area contributed by atoms with Gasteiger partial charge in [-0.1, -0.05) is 17.4 Å². The van der Waals surface area contributed by atoms with Crippen molar-refractivity contribution in [3.05, 3.63) is 54.1 Å². The highest BCUT2D eigenvalue weighted by atomic mass is 32.1. The molecule has 4 heterocycles. The second-order valence-electron chi connectivity index (χ2n) is 8.37. The summed E-state index contributed by atoms with van der Waals surface area (Å²) in [5.41, 5.74) is 0.904. The SMILES string of the molecule is CC1N=C(Nc2nc3ccc(N(C)c4ccc(F)cc4F)nc3s2)C=CC1C(=O)N1CCOCC1. The number of anilines is 3. The molecule has 1 fully saturated rings. The number of ether oxygens (including phenoxy) is 1. The number of nitrogens with one attached hydrogen (secondary N) is 1. The summed E-state index contributed by atoms with van der Waals surface area (Å²) < 4.78 is 32.8. The Balaban J connectivity index is 1.29. The predicted molar refractivity (Wildman–Crippen MR) is 132 cm³/mol. The third-order valence-corrected chi connectivity index (χ3v) is 6.90. The Bertz CT molecular complexity index is 1320. The first-order valence-electron chi connectivity index (χ1n) is 11.2. The van der Waals surface area contributed by atoms with Crippen molar-refractivity contribution in [2.45, 2.75) is 13.0 Å². The number of carbonyl (C=O) groups excluding carboxylic acids is 1. The molecule has 0 bridgehead atoms. The van der Waals surface area contributed by atoms with Crippen LogP contribution in [0, 0.1) is 17.6 Å². The maximum Gasteiger partial charge on any atom is 0.231 e. The number of aliphatic imine (C=N–C) groups is 1. The molecular weight excluding hydrogens is 474 g/mol. The molecule has 1 amide bonds. The molecule has 1 saturated heterocycles. The number of rotatable bonds is 4. The number of dihydropyridines is 1. The number of amidine groups is 1. The fraction of sp³-hybridized carbons (Fsp3) is 0.333. The van der Waals surface area contributed by atoms with E-state index in [4.69, 9.17) is 4.74 Å². The van der Waals surface area contributed by atoms with Crippen molar-refractivity contribution < 1.29 is 18.3 Å². The van der Waals surface area contributed by atoms with Crippen molar-refractivity contribution in [3.8, 4) is 0 Å². The number of thiazole rings is 1. The van der Waals surface area contributed by atoms with E-state index in [9.17, 15) is 13.6 Å². The number of pyridine rings is 1. The van der Waals surface area contributed by atoms with Crippen molar-refractivity contribution in [2.24, 2.45) is 10.9 Å². The number of hydrogen-bond acceptors (Lipinski definition) is 8. The fourth-order valence-corrected chi connectivity index (χ4v) is 4.93. The Hall–Kier alpha value is -3.44. The zero-order valence-corrected chi connectivity index (χ0v) is 20.1. The van der Waals surface area contributed by atoms with Crippen LogP contribution in [0.25, 0.3) is 10.3 Å². The molecule has 1 aromatic carbocycles. The highest BCUT2D eigenvalue weighted by Gasteiger charge is 2.30. The van der Waals surface area contributed by atoms with E-state index in [0.29, 0.717) is 53.4 Å². The van der Waals surface area contributed by atoms with Crippen LogP contribution >= 0.6 is 11.3 Å². The lowest BCUT2D eigenvalue weighted by Crippen LogP contribution is -2.46. The first-order valence-corrected chi connectivity index (χ1v) is 12.1. The largest absolute Gasteiger partial charge is 0.378 e. The number of amides is 1. The molecule has 0 aliphatic carbocycles. The van der Waals surface area contributed by atoms with Gasteiger partial charge in [0.15, 0.2) is 5.13 Å². The zero-order valence-electron chi connectivity index (χ0n) is 19.2. The molecule has 0 radical (unpaired) electrons. The molecule has 2 atom stereocenters. The quantitative estimate of drug-likeness (QED) is 0.586. The second kappa shape index (κ2) is 9.67. The third-order valence-electron chi connectivity index (χ3n) is 6.02. The van der Waals surface area contributed by atoms with Crippen molar-refractivity contribution in [1.82, 2.24) is 14.9 Å². The van der Waals surface area contributed by atoms with Gasteiger partial charge in [-0.25, -0.2) is 18.7 Å². The topological polar surface area (TPSA) is 83.0 Å². The molecule has 2 aliphatic heterocycles. The molecule has 0 spiro atoms. The lowest BCUT2D eigenvalue weighted by atomic mass is 9.97. The first kappa shape index (κ1) is 23.3. The average Bonchev–Trinajstić information content (AvgIpc) is 3.25. The number of fused-ring (bicyclic) bond motifs is 1. The van der Waals surface area contributed by atoms with Crippen molar-refractivity contribution in [3.63, 3.8) is 0 Å². The van der Waals surface area contributed by atoms with Gasteiger partial charge in [-0.15, -0.1) is 0 Å². The standard InChI is InChI=1S/C24H24F2N6O2S/c1-14-16(23(33)32-9-11-34-12-10-32)4-7-20(27-14)29-24-28-18-5-8-21(30-22(18)35-24)31(2)19-6-3-15(25)13-17(19)26/h3-8,13-14,16H,9-12H2,1-2H3,(H,27,28,29). The van der Waals surface area contributed by atoms with Crippen LogP contribution < -0.4 is 10.2 Å². The minimum atomic E-state index is -0.664. The number of aromatic nitrogens is 2. The lowest BCUT2D eigenvalue weighted by molar-refractivity contribution is -0.138. The van der Waals surface area contributed by atoms with Crippen molar-refractivity contribution in [1.29, 1.82) is 0 Å². The van der Waals surface area contributed by atoms with Gasteiger partial charge < -0.3 is 19.9 Å². The number of nitrogens with zero attached hydrogens (tertiary/aromatic N) is 5. The van der Waals surface area contributed by atoms with Crippen LogP contribution in [0.5, 0.6) is 0 Å². The molecule has 1 N–H and O–H groups in total. The van der Waals surface area contributed by atoms with Crippen LogP contribution in [0.1, 0.15) is 6.92 Å². The van der Waals surface area contributed by atoms with Gasteiger partial charge in [0.2, 0.25) is 5.91 Å². The molecule has 2 unspecified atom stereocenters. The smallest absolute Gasteiger partial charge is 0.231 e.